The van der Waals surface area contributed by atoms with E-state index in [9.17, 15) is 4.79 Å². The van der Waals surface area contributed by atoms with Crippen LogP contribution < -0.4 is 5.32 Å². The molecule has 0 radical (unpaired) electrons. The minimum absolute atomic E-state index is 0.0468. The largest absolute Gasteiger partial charge is 0.326 e. The maximum atomic E-state index is 11.7. The van der Waals surface area contributed by atoms with E-state index < -0.39 is 0 Å². The molecule has 0 spiro atoms. The van der Waals surface area contributed by atoms with Gasteiger partial charge in [-0.2, -0.15) is 0 Å². The molecule has 0 saturated heterocycles. The first-order valence-corrected chi connectivity index (χ1v) is 7.55. The molecule has 3 rings (SSSR count). The highest BCUT2D eigenvalue weighted by Crippen LogP contribution is 2.19. The Morgan fingerprint density at radius 3 is 2.77 bits per heavy atom. The van der Waals surface area contributed by atoms with Gasteiger partial charge in [-0.05, 0) is 30.2 Å². The monoisotopic (exact) mass is 293 g/mol. The van der Waals surface area contributed by atoms with Crippen LogP contribution in [0.3, 0.4) is 0 Å². The number of hydrogen-bond acceptors (Lipinski definition) is 2. The van der Waals surface area contributed by atoms with E-state index in [1.807, 2.05) is 49.6 Å². The van der Waals surface area contributed by atoms with Crippen LogP contribution in [0.4, 0.5) is 5.69 Å². The number of benzene rings is 2. The number of rotatable bonds is 5. The Morgan fingerprint density at radius 2 is 2.00 bits per heavy atom. The van der Waals surface area contributed by atoms with Crippen LogP contribution in [-0.2, 0) is 11.3 Å². The summed E-state index contributed by atoms with van der Waals surface area (Å²) in [6, 6.07) is 16.2. The topological polar surface area (TPSA) is 46.9 Å². The lowest BCUT2D eigenvalue weighted by molar-refractivity contribution is -0.116. The van der Waals surface area contributed by atoms with Crippen molar-refractivity contribution in [2.75, 3.05) is 5.32 Å². The third-order valence-corrected chi connectivity index (χ3v) is 3.58. The van der Waals surface area contributed by atoms with Crippen molar-refractivity contribution in [1.29, 1.82) is 0 Å². The number of nitrogens with one attached hydrogen (secondary N) is 1. The van der Waals surface area contributed by atoms with E-state index in [0.717, 1.165) is 29.7 Å². The van der Waals surface area contributed by atoms with Crippen LogP contribution in [0.25, 0.3) is 11.0 Å². The Kier molecular flexibility index (Phi) is 4.19. The van der Waals surface area contributed by atoms with E-state index in [4.69, 9.17) is 0 Å². The molecule has 22 heavy (non-hydrogen) atoms. The number of imidazole rings is 1. The molecule has 4 nitrogen and oxygen atoms in total. The normalized spacial score (nSPS) is 10.8. The van der Waals surface area contributed by atoms with E-state index in [1.165, 1.54) is 5.56 Å². The van der Waals surface area contributed by atoms with E-state index in [-0.39, 0.29) is 5.91 Å². The first-order valence-electron chi connectivity index (χ1n) is 7.55. The summed E-state index contributed by atoms with van der Waals surface area (Å²) in [5, 5.41) is 2.91. The second-order valence-corrected chi connectivity index (χ2v) is 5.36. The fraction of sp³-hybridized carbons (Fsp3) is 0.222. The van der Waals surface area contributed by atoms with Crippen molar-refractivity contribution in [2.24, 2.45) is 0 Å². The summed E-state index contributed by atoms with van der Waals surface area (Å²) in [7, 11) is 0. The number of amides is 1. The molecule has 3 aromatic rings. The van der Waals surface area contributed by atoms with Gasteiger partial charge in [0.2, 0.25) is 5.91 Å². The smallest absolute Gasteiger partial charge is 0.224 e. The minimum atomic E-state index is 0.0468. The molecule has 0 aliphatic carbocycles. The van der Waals surface area contributed by atoms with Crippen LogP contribution in [-0.4, -0.2) is 15.5 Å². The molecule has 0 fully saturated rings. The standard InChI is InChI=1S/C18H19N3O/c1-2-6-18(22)20-15-9-10-17-16(11-15)19-13-21(17)12-14-7-4-3-5-8-14/h3-5,7-11,13H,2,6,12H2,1H3,(H,20,22). The van der Waals surface area contributed by atoms with Crippen molar-refractivity contribution in [3.63, 3.8) is 0 Å². The Bertz CT molecular complexity index is 777. The van der Waals surface area contributed by atoms with Crippen molar-refractivity contribution in [3.8, 4) is 0 Å². The van der Waals surface area contributed by atoms with E-state index in [0.29, 0.717) is 6.42 Å². The third kappa shape index (κ3) is 3.17. The highest BCUT2D eigenvalue weighted by molar-refractivity contribution is 5.93. The van der Waals surface area contributed by atoms with Gasteiger partial charge in [-0.15, -0.1) is 0 Å². The average Bonchev–Trinajstić information content (AvgIpc) is 2.91. The number of carbonyl (C=O) groups is 1. The van der Waals surface area contributed by atoms with Crippen LogP contribution >= 0.6 is 0 Å². The predicted molar refractivity (Wildman–Crippen MR) is 88.8 cm³/mol. The first-order chi connectivity index (χ1) is 10.8. The molecule has 0 atom stereocenters. The third-order valence-electron chi connectivity index (χ3n) is 3.58. The molecule has 1 heterocycles. The summed E-state index contributed by atoms with van der Waals surface area (Å²) in [6.45, 7) is 2.78. The second-order valence-electron chi connectivity index (χ2n) is 5.36. The molecule has 1 aromatic heterocycles. The number of aromatic nitrogens is 2. The fourth-order valence-corrected chi connectivity index (χ4v) is 2.50. The molecule has 0 aliphatic rings. The van der Waals surface area contributed by atoms with Gasteiger partial charge in [-0.1, -0.05) is 37.3 Å². The van der Waals surface area contributed by atoms with Crippen LogP contribution in [0, 0.1) is 0 Å². The van der Waals surface area contributed by atoms with Gasteiger partial charge < -0.3 is 9.88 Å². The lowest BCUT2D eigenvalue weighted by atomic mass is 10.2. The number of anilines is 1. The molecule has 0 unspecified atom stereocenters. The van der Waals surface area contributed by atoms with E-state index in [2.05, 4.69) is 27.0 Å². The molecule has 1 N–H and O–H groups in total. The zero-order valence-corrected chi connectivity index (χ0v) is 12.6. The minimum Gasteiger partial charge on any atom is -0.326 e. The molecule has 0 saturated carbocycles. The number of hydrogen-bond donors (Lipinski definition) is 1. The van der Waals surface area contributed by atoms with Gasteiger partial charge in [-0.25, -0.2) is 4.98 Å². The summed E-state index contributed by atoms with van der Waals surface area (Å²) in [5.41, 5.74) is 4.00. The van der Waals surface area contributed by atoms with E-state index in [1.54, 1.807) is 0 Å². The summed E-state index contributed by atoms with van der Waals surface area (Å²) in [6.07, 6.45) is 3.23. The molecule has 0 bridgehead atoms. The van der Waals surface area contributed by atoms with Crippen LogP contribution in [0.5, 0.6) is 0 Å². The lowest BCUT2D eigenvalue weighted by Gasteiger charge is -2.06. The van der Waals surface area contributed by atoms with Gasteiger partial charge >= 0.3 is 0 Å². The number of carbonyl (C=O) groups excluding carboxylic acids is 1. The van der Waals surface area contributed by atoms with Gasteiger partial charge in [0.05, 0.1) is 17.4 Å². The number of nitrogens with zero attached hydrogens (tertiary/aromatic N) is 2. The van der Waals surface area contributed by atoms with Crippen molar-refractivity contribution in [1.82, 2.24) is 9.55 Å². The lowest BCUT2D eigenvalue weighted by Crippen LogP contribution is -2.10. The molecule has 1 amide bonds. The Morgan fingerprint density at radius 1 is 1.18 bits per heavy atom. The zero-order chi connectivity index (χ0) is 15.4. The van der Waals surface area contributed by atoms with Gasteiger partial charge in [-0.3, -0.25) is 4.79 Å². The fourth-order valence-electron chi connectivity index (χ4n) is 2.50. The van der Waals surface area contributed by atoms with E-state index >= 15 is 0 Å². The second kappa shape index (κ2) is 6.43. The van der Waals surface area contributed by atoms with Crippen LogP contribution in [0.1, 0.15) is 25.3 Å². The molecule has 2 aromatic carbocycles. The molecular weight excluding hydrogens is 274 g/mol. The number of fused-ring (bicyclic) bond motifs is 1. The van der Waals surface area contributed by atoms with Crippen molar-refractivity contribution < 1.29 is 4.79 Å². The zero-order valence-electron chi connectivity index (χ0n) is 12.6. The Hall–Kier alpha value is -2.62. The summed E-state index contributed by atoms with van der Waals surface area (Å²) < 4.78 is 2.11. The molecule has 112 valence electrons. The van der Waals surface area contributed by atoms with Crippen LogP contribution in [0.2, 0.25) is 0 Å². The summed E-state index contributed by atoms with van der Waals surface area (Å²) in [4.78, 5) is 16.1. The summed E-state index contributed by atoms with van der Waals surface area (Å²) in [5.74, 6) is 0.0468. The van der Waals surface area contributed by atoms with Gasteiger partial charge in [0.1, 0.15) is 0 Å². The quantitative estimate of drug-likeness (QED) is 0.777. The van der Waals surface area contributed by atoms with Crippen molar-refractivity contribution >= 4 is 22.6 Å². The Labute approximate surface area is 129 Å². The maximum Gasteiger partial charge on any atom is 0.224 e. The van der Waals surface area contributed by atoms with Gasteiger partial charge in [0, 0.05) is 18.7 Å². The van der Waals surface area contributed by atoms with Gasteiger partial charge in [0.15, 0.2) is 0 Å². The maximum absolute atomic E-state index is 11.7. The Balaban J connectivity index is 1.82. The molecule has 0 aliphatic heterocycles. The van der Waals surface area contributed by atoms with Crippen LogP contribution in [0.15, 0.2) is 54.9 Å². The summed E-state index contributed by atoms with van der Waals surface area (Å²) >= 11 is 0. The molecule has 4 heteroatoms. The molecular formula is C18H19N3O. The first kappa shape index (κ1) is 14.3. The average molecular weight is 293 g/mol. The SMILES string of the molecule is CCCC(=O)Nc1ccc2c(c1)ncn2Cc1ccccc1. The van der Waals surface area contributed by atoms with Crippen molar-refractivity contribution in [2.45, 2.75) is 26.3 Å². The predicted octanol–water partition coefficient (Wildman–Crippen LogP) is 3.82. The van der Waals surface area contributed by atoms with Gasteiger partial charge in [0.25, 0.3) is 0 Å². The highest BCUT2D eigenvalue weighted by atomic mass is 16.1. The van der Waals surface area contributed by atoms with Crippen molar-refractivity contribution in [3.05, 3.63) is 60.4 Å². The highest BCUT2D eigenvalue weighted by Gasteiger charge is 2.06.